The van der Waals surface area contributed by atoms with Crippen LogP contribution in [0.25, 0.3) is 0 Å². The first-order chi connectivity index (χ1) is 11.1. The van der Waals surface area contributed by atoms with Crippen molar-refractivity contribution in [2.75, 3.05) is 6.26 Å². The van der Waals surface area contributed by atoms with Gasteiger partial charge in [0.15, 0.2) is 0 Å². The first-order valence-corrected chi connectivity index (χ1v) is 10.8. The van der Waals surface area contributed by atoms with E-state index in [0.29, 0.717) is 22.2 Å². The van der Waals surface area contributed by atoms with Crippen LogP contribution in [0.15, 0.2) is 0 Å². The number of nitrogens with zero attached hydrogens (tertiary/aromatic N) is 1. The quantitative estimate of drug-likeness (QED) is 0.693. The average Bonchev–Trinajstić information content (AvgIpc) is 2.89. The van der Waals surface area contributed by atoms with Gasteiger partial charge in [-0.3, -0.25) is 4.79 Å². The Hall–Kier alpha value is -0.290. The molecule has 1 amide bonds. The number of thioether (sulfide) groups is 1. The normalized spacial score (nSPS) is 36.5. The second kappa shape index (κ2) is 7.30. The van der Waals surface area contributed by atoms with E-state index in [1.54, 1.807) is 0 Å². The van der Waals surface area contributed by atoms with Gasteiger partial charge < -0.3 is 9.64 Å². The van der Waals surface area contributed by atoms with Crippen molar-refractivity contribution in [2.24, 2.45) is 5.92 Å². The topological polar surface area (TPSA) is 29.5 Å². The second-order valence-corrected chi connectivity index (χ2v) is 8.77. The number of hydrogen-bond donors (Lipinski definition) is 0. The number of carbonyl (C=O) groups excluding carboxylic acids is 1. The lowest BCUT2D eigenvalue weighted by molar-refractivity contribution is -0.151. The third-order valence-corrected chi connectivity index (χ3v) is 7.23. The zero-order chi connectivity index (χ0) is 16.4. The largest absolute Gasteiger partial charge is 0.475 e. The van der Waals surface area contributed by atoms with Crippen molar-refractivity contribution in [3.8, 4) is 0 Å². The third-order valence-electron chi connectivity index (χ3n) is 6.21. The van der Waals surface area contributed by atoms with Gasteiger partial charge in [-0.15, -0.1) is 0 Å². The number of thiocarbonyl (C=S) groups is 1. The summed E-state index contributed by atoms with van der Waals surface area (Å²) < 4.78 is 6.88. The highest BCUT2D eigenvalue weighted by Crippen LogP contribution is 2.53. The second-order valence-electron chi connectivity index (χ2n) is 7.36. The minimum Gasteiger partial charge on any atom is -0.475 e. The summed E-state index contributed by atoms with van der Waals surface area (Å²) in [6, 6.07) is 0.356. The smallest absolute Gasteiger partial charge is 0.223 e. The van der Waals surface area contributed by atoms with Gasteiger partial charge in [-0.25, -0.2) is 0 Å². The Morgan fingerprint density at radius 2 is 2.26 bits per heavy atom. The Morgan fingerprint density at radius 1 is 1.43 bits per heavy atom. The lowest BCUT2D eigenvalue weighted by Gasteiger charge is -2.57. The summed E-state index contributed by atoms with van der Waals surface area (Å²) in [6.45, 7) is 2.23. The maximum Gasteiger partial charge on any atom is 0.223 e. The lowest BCUT2D eigenvalue weighted by Crippen LogP contribution is -2.64. The molecule has 3 nitrogen and oxygen atoms in total. The number of piperidine rings is 1. The molecule has 3 rings (SSSR count). The molecular weight excluding hydrogens is 326 g/mol. The number of unbranched alkanes of at least 4 members (excludes halogenated alkanes) is 1. The molecular formula is C18H29NO2S2. The fourth-order valence-corrected chi connectivity index (χ4v) is 5.64. The van der Waals surface area contributed by atoms with E-state index < -0.39 is 0 Å². The van der Waals surface area contributed by atoms with Gasteiger partial charge >= 0.3 is 0 Å². The van der Waals surface area contributed by atoms with Gasteiger partial charge in [0.25, 0.3) is 0 Å². The van der Waals surface area contributed by atoms with Crippen LogP contribution >= 0.6 is 24.0 Å². The van der Waals surface area contributed by atoms with Crippen LogP contribution in [0.2, 0.25) is 0 Å². The highest BCUT2D eigenvalue weighted by molar-refractivity contribution is 8.22. The van der Waals surface area contributed by atoms with Crippen LogP contribution in [-0.2, 0) is 9.53 Å². The van der Waals surface area contributed by atoms with Crippen LogP contribution in [0.5, 0.6) is 0 Å². The van der Waals surface area contributed by atoms with E-state index in [0.717, 1.165) is 32.1 Å². The van der Waals surface area contributed by atoms with E-state index in [4.69, 9.17) is 17.0 Å². The predicted molar refractivity (Wildman–Crippen MR) is 99.7 cm³/mol. The van der Waals surface area contributed by atoms with Gasteiger partial charge in [0.1, 0.15) is 6.10 Å². The number of amides is 1. The number of rotatable bonds is 4. The van der Waals surface area contributed by atoms with Crippen LogP contribution in [0.4, 0.5) is 0 Å². The van der Waals surface area contributed by atoms with Crippen LogP contribution in [-0.4, -0.2) is 39.1 Å². The summed E-state index contributed by atoms with van der Waals surface area (Å²) in [5.74, 6) is 0.870. The minimum atomic E-state index is 0.0741. The summed E-state index contributed by atoms with van der Waals surface area (Å²) >= 11 is 6.89. The Kier molecular flexibility index (Phi) is 5.57. The Morgan fingerprint density at radius 3 is 3.00 bits per heavy atom. The van der Waals surface area contributed by atoms with Gasteiger partial charge in [-0.1, -0.05) is 44.4 Å². The van der Waals surface area contributed by atoms with E-state index in [-0.39, 0.29) is 11.6 Å². The molecule has 2 heterocycles. The van der Waals surface area contributed by atoms with Gasteiger partial charge in [0.2, 0.25) is 10.3 Å². The van der Waals surface area contributed by atoms with Gasteiger partial charge in [0, 0.05) is 24.8 Å². The van der Waals surface area contributed by atoms with Crippen LogP contribution in [0, 0.1) is 5.92 Å². The Labute approximate surface area is 149 Å². The molecule has 23 heavy (non-hydrogen) atoms. The van der Waals surface area contributed by atoms with E-state index in [1.165, 1.54) is 43.9 Å². The molecule has 0 N–H and O–H groups in total. The zero-order valence-corrected chi connectivity index (χ0v) is 16.0. The SMILES string of the molecule is CCCC[C@H]1C[C@H](OC(=S)SC)[C@H]2CCCC[C@@]23CCC(=O)N13. The van der Waals surface area contributed by atoms with Crippen molar-refractivity contribution >= 4 is 34.3 Å². The van der Waals surface area contributed by atoms with Crippen LogP contribution < -0.4 is 0 Å². The van der Waals surface area contributed by atoms with Gasteiger partial charge in [0.05, 0.1) is 5.54 Å². The number of carbonyl (C=O) groups is 1. The summed E-state index contributed by atoms with van der Waals surface area (Å²) in [5.41, 5.74) is 0.0741. The lowest BCUT2D eigenvalue weighted by atomic mass is 9.64. The molecule has 2 saturated heterocycles. The van der Waals surface area contributed by atoms with E-state index in [2.05, 4.69) is 11.8 Å². The molecule has 3 fully saturated rings. The molecule has 0 aromatic heterocycles. The van der Waals surface area contributed by atoms with Crippen LogP contribution in [0.3, 0.4) is 0 Å². The molecule has 0 radical (unpaired) electrons. The van der Waals surface area contributed by atoms with Gasteiger partial charge in [-0.2, -0.15) is 0 Å². The minimum absolute atomic E-state index is 0.0741. The standard InChI is InChI=1S/C18H29NO2S2/c1-3-4-7-13-12-15(21-17(22)23-2)14-8-5-6-10-18(14)11-9-16(20)19(13)18/h13-15H,3-12H2,1-2H3/t13-,14+,15-,18+/m0/s1. The number of hydrogen-bond acceptors (Lipinski definition) is 4. The molecule has 1 spiro atoms. The third kappa shape index (κ3) is 3.15. The maximum absolute atomic E-state index is 12.7. The molecule has 0 unspecified atom stereocenters. The Balaban J connectivity index is 1.88. The number of ether oxygens (including phenoxy) is 1. The van der Waals surface area contributed by atoms with Crippen molar-refractivity contribution in [3.05, 3.63) is 0 Å². The molecule has 1 saturated carbocycles. The van der Waals surface area contributed by atoms with Crippen molar-refractivity contribution in [3.63, 3.8) is 0 Å². The van der Waals surface area contributed by atoms with E-state index >= 15 is 0 Å². The van der Waals surface area contributed by atoms with Crippen molar-refractivity contribution in [1.82, 2.24) is 4.90 Å². The highest BCUT2D eigenvalue weighted by atomic mass is 32.2. The molecule has 2 aliphatic heterocycles. The fourth-order valence-electron chi connectivity index (χ4n) is 5.30. The summed E-state index contributed by atoms with van der Waals surface area (Å²) in [4.78, 5) is 15.0. The molecule has 1 aliphatic carbocycles. The predicted octanol–water partition coefficient (Wildman–Crippen LogP) is 4.53. The summed E-state index contributed by atoms with van der Waals surface area (Å²) in [6.07, 6.45) is 13.3. The van der Waals surface area contributed by atoms with Crippen molar-refractivity contribution in [2.45, 2.75) is 88.8 Å². The summed E-state index contributed by atoms with van der Waals surface area (Å²) in [7, 11) is 0. The highest BCUT2D eigenvalue weighted by Gasteiger charge is 2.59. The van der Waals surface area contributed by atoms with Crippen LogP contribution in [0.1, 0.15) is 71.1 Å². The molecule has 3 aliphatic rings. The average molecular weight is 356 g/mol. The molecule has 0 aromatic rings. The first-order valence-electron chi connectivity index (χ1n) is 9.19. The summed E-state index contributed by atoms with van der Waals surface area (Å²) in [5, 5.41) is 0. The van der Waals surface area contributed by atoms with Crippen molar-refractivity contribution in [1.29, 1.82) is 0 Å². The molecule has 0 aromatic carbocycles. The van der Waals surface area contributed by atoms with Gasteiger partial charge in [-0.05, 0) is 44.2 Å². The monoisotopic (exact) mass is 355 g/mol. The molecule has 130 valence electrons. The fraction of sp³-hybridized carbons (Fsp3) is 0.889. The molecule has 4 atom stereocenters. The van der Waals surface area contributed by atoms with Crippen molar-refractivity contribution < 1.29 is 9.53 Å². The zero-order valence-electron chi connectivity index (χ0n) is 14.4. The van der Waals surface area contributed by atoms with E-state index in [9.17, 15) is 4.79 Å². The Bertz CT molecular complexity index is 470. The van der Waals surface area contributed by atoms with E-state index in [1.807, 2.05) is 6.26 Å². The molecule has 5 heteroatoms. The first kappa shape index (κ1) is 17.5. The molecule has 0 bridgehead atoms. The maximum atomic E-state index is 12.7.